The Bertz CT molecular complexity index is 419. The summed E-state index contributed by atoms with van der Waals surface area (Å²) in [6.45, 7) is 7.26. The fourth-order valence-corrected chi connectivity index (χ4v) is 3.38. The van der Waals surface area contributed by atoms with E-state index in [1.165, 1.54) is 25.7 Å². The molecule has 0 aliphatic heterocycles. The summed E-state index contributed by atoms with van der Waals surface area (Å²) in [6.07, 6.45) is 6.02. The lowest BCUT2D eigenvalue weighted by Gasteiger charge is -2.30. The summed E-state index contributed by atoms with van der Waals surface area (Å²) in [6, 6.07) is 0.214. The first kappa shape index (κ1) is 14.9. The number of nitrogens with zero attached hydrogens (tertiary/aromatic N) is 2. The van der Waals surface area contributed by atoms with Crippen LogP contribution in [-0.4, -0.2) is 15.8 Å². The molecule has 1 aromatic rings. The number of aryl methyl sites for hydroxylation is 2. The molecule has 1 aliphatic rings. The molecule has 0 bridgehead atoms. The van der Waals surface area contributed by atoms with Crippen LogP contribution in [0.15, 0.2) is 0 Å². The Morgan fingerprint density at radius 1 is 1.37 bits per heavy atom. The molecule has 1 aliphatic carbocycles. The highest BCUT2D eigenvalue weighted by molar-refractivity contribution is 6.31. The first-order valence-corrected chi connectivity index (χ1v) is 7.88. The molecule has 0 saturated heterocycles. The van der Waals surface area contributed by atoms with Gasteiger partial charge >= 0.3 is 0 Å². The Labute approximate surface area is 121 Å². The molecule has 1 fully saturated rings. The number of nitrogens with two attached hydrogens (primary N) is 1. The largest absolute Gasteiger partial charge is 0.327 e. The van der Waals surface area contributed by atoms with E-state index in [2.05, 4.69) is 18.9 Å². The summed E-state index contributed by atoms with van der Waals surface area (Å²) in [5.74, 6) is 1.52. The van der Waals surface area contributed by atoms with Gasteiger partial charge < -0.3 is 5.73 Å². The first-order valence-electron chi connectivity index (χ1n) is 7.50. The molecule has 1 heterocycles. The van der Waals surface area contributed by atoms with Crippen LogP contribution in [0.1, 0.15) is 50.9 Å². The summed E-state index contributed by atoms with van der Waals surface area (Å²) in [5.41, 5.74) is 8.47. The van der Waals surface area contributed by atoms with Gasteiger partial charge in [0.05, 0.1) is 16.4 Å². The average Bonchev–Trinajstić information content (AvgIpc) is 2.67. The predicted molar refractivity (Wildman–Crippen MR) is 80.4 cm³/mol. The van der Waals surface area contributed by atoms with Crippen molar-refractivity contribution in [2.24, 2.45) is 17.6 Å². The molecular weight excluding hydrogens is 258 g/mol. The molecule has 108 valence electrons. The Hall–Kier alpha value is -0.540. The maximum Gasteiger partial charge on any atom is 0.0847 e. The van der Waals surface area contributed by atoms with Crippen molar-refractivity contribution in [1.82, 2.24) is 9.78 Å². The zero-order valence-corrected chi connectivity index (χ0v) is 13.1. The summed E-state index contributed by atoms with van der Waals surface area (Å²) in [5, 5.41) is 5.27. The van der Waals surface area contributed by atoms with E-state index in [9.17, 15) is 0 Å². The Morgan fingerprint density at radius 2 is 2.00 bits per heavy atom. The molecule has 0 aromatic carbocycles. The lowest BCUT2D eigenvalue weighted by Crippen LogP contribution is -2.35. The Morgan fingerprint density at radius 3 is 2.58 bits per heavy atom. The van der Waals surface area contributed by atoms with Crippen molar-refractivity contribution in [3.63, 3.8) is 0 Å². The van der Waals surface area contributed by atoms with Crippen LogP contribution in [-0.2, 0) is 13.0 Å². The van der Waals surface area contributed by atoms with Crippen LogP contribution in [0.3, 0.4) is 0 Å². The van der Waals surface area contributed by atoms with Crippen molar-refractivity contribution in [3.05, 3.63) is 16.4 Å². The predicted octanol–water partition coefficient (Wildman–Crippen LogP) is 3.56. The number of hydrogen-bond acceptors (Lipinski definition) is 2. The first-order chi connectivity index (χ1) is 9.02. The van der Waals surface area contributed by atoms with Crippen LogP contribution in [0.25, 0.3) is 0 Å². The fraction of sp³-hybridized carbons (Fsp3) is 0.800. The van der Waals surface area contributed by atoms with E-state index in [-0.39, 0.29) is 6.04 Å². The summed E-state index contributed by atoms with van der Waals surface area (Å²) in [4.78, 5) is 0. The van der Waals surface area contributed by atoms with Gasteiger partial charge in [0.15, 0.2) is 0 Å². The highest BCUT2D eigenvalue weighted by atomic mass is 35.5. The lowest BCUT2D eigenvalue weighted by atomic mass is 9.78. The zero-order chi connectivity index (χ0) is 14.0. The molecular formula is C15H26ClN3. The average molecular weight is 284 g/mol. The van der Waals surface area contributed by atoms with Crippen molar-refractivity contribution >= 4 is 11.6 Å². The van der Waals surface area contributed by atoms with E-state index >= 15 is 0 Å². The minimum Gasteiger partial charge on any atom is -0.327 e. The van der Waals surface area contributed by atoms with Crippen molar-refractivity contribution < 1.29 is 0 Å². The molecule has 0 spiro atoms. The molecule has 1 saturated carbocycles. The SMILES string of the molecule is CCn1nc(C)c(Cl)c1CC(N)C1CCC(C)CC1. The molecule has 3 nitrogen and oxygen atoms in total. The second kappa shape index (κ2) is 6.27. The van der Waals surface area contributed by atoms with Gasteiger partial charge in [-0.05, 0) is 38.5 Å². The van der Waals surface area contributed by atoms with Crippen LogP contribution in [0.5, 0.6) is 0 Å². The van der Waals surface area contributed by atoms with E-state index in [0.29, 0.717) is 5.92 Å². The summed E-state index contributed by atoms with van der Waals surface area (Å²) in [7, 11) is 0. The van der Waals surface area contributed by atoms with Crippen LogP contribution in [0.2, 0.25) is 5.02 Å². The van der Waals surface area contributed by atoms with Gasteiger partial charge in [-0.25, -0.2) is 0 Å². The molecule has 1 unspecified atom stereocenters. The van der Waals surface area contributed by atoms with Crippen molar-refractivity contribution in [2.45, 2.75) is 65.5 Å². The minimum atomic E-state index is 0.214. The maximum atomic E-state index is 6.43. The van der Waals surface area contributed by atoms with E-state index in [1.54, 1.807) is 0 Å². The van der Waals surface area contributed by atoms with E-state index in [0.717, 1.165) is 35.3 Å². The highest BCUT2D eigenvalue weighted by Crippen LogP contribution is 2.32. The van der Waals surface area contributed by atoms with Gasteiger partial charge in [-0.3, -0.25) is 4.68 Å². The van der Waals surface area contributed by atoms with Crippen LogP contribution in [0, 0.1) is 18.8 Å². The molecule has 2 N–H and O–H groups in total. The van der Waals surface area contributed by atoms with E-state index in [4.69, 9.17) is 17.3 Å². The van der Waals surface area contributed by atoms with E-state index < -0.39 is 0 Å². The molecule has 1 atom stereocenters. The van der Waals surface area contributed by atoms with Gasteiger partial charge in [-0.15, -0.1) is 0 Å². The van der Waals surface area contributed by atoms with Crippen LogP contribution in [0.4, 0.5) is 0 Å². The third-order valence-electron chi connectivity index (χ3n) is 4.55. The van der Waals surface area contributed by atoms with Gasteiger partial charge in [0.25, 0.3) is 0 Å². The zero-order valence-electron chi connectivity index (χ0n) is 12.3. The second-order valence-corrected chi connectivity index (χ2v) is 6.43. The normalized spacial score (nSPS) is 25.5. The second-order valence-electron chi connectivity index (χ2n) is 6.05. The third-order valence-corrected chi connectivity index (χ3v) is 5.04. The smallest absolute Gasteiger partial charge is 0.0847 e. The highest BCUT2D eigenvalue weighted by Gasteiger charge is 2.25. The third kappa shape index (κ3) is 3.32. The number of hydrogen-bond donors (Lipinski definition) is 1. The molecule has 1 aromatic heterocycles. The minimum absolute atomic E-state index is 0.214. The van der Waals surface area contributed by atoms with E-state index in [1.807, 2.05) is 11.6 Å². The van der Waals surface area contributed by atoms with Crippen LogP contribution >= 0.6 is 11.6 Å². The molecule has 0 radical (unpaired) electrons. The standard InChI is InChI=1S/C15H26ClN3/c1-4-19-14(15(16)11(3)18-19)9-13(17)12-7-5-10(2)6-8-12/h10,12-13H,4-9,17H2,1-3H3. The van der Waals surface area contributed by atoms with Gasteiger partial charge in [0.1, 0.15) is 0 Å². The molecule has 2 rings (SSSR count). The monoisotopic (exact) mass is 283 g/mol. The van der Waals surface area contributed by atoms with Gasteiger partial charge in [0.2, 0.25) is 0 Å². The van der Waals surface area contributed by atoms with Crippen molar-refractivity contribution in [3.8, 4) is 0 Å². The van der Waals surface area contributed by atoms with Gasteiger partial charge in [-0.1, -0.05) is 31.4 Å². The fourth-order valence-electron chi connectivity index (χ4n) is 3.17. The topological polar surface area (TPSA) is 43.8 Å². The van der Waals surface area contributed by atoms with Crippen molar-refractivity contribution in [1.29, 1.82) is 0 Å². The number of rotatable bonds is 4. The van der Waals surface area contributed by atoms with Crippen LogP contribution < -0.4 is 5.73 Å². The number of halogens is 1. The molecule has 4 heteroatoms. The summed E-state index contributed by atoms with van der Waals surface area (Å²) >= 11 is 6.36. The number of aromatic nitrogens is 2. The maximum absolute atomic E-state index is 6.43. The Balaban J connectivity index is 2.04. The quantitative estimate of drug-likeness (QED) is 0.918. The summed E-state index contributed by atoms with van der Waals surface area (Å²) < 4.78 is 2.00. The lowest BCUT2D eigenvalue weighted by molar-refractivity contribution is 0.251. The Kier molecular flexibility index (Phi) is 4.91. The molecule has 19 heavy (non-hydrogen) atoms. The van der Waals surface area contributed by atoms with Crippen molar-refractivity contribution in [2.75, 3.05) is 0 Å². The molecule has 0 amide bonds. The van der Waals surface area contributed by atoms with Gasteiger partial charge in [0, 0.05) is 19.0 Å². The van der Waals surface area contributed by atoms with Gasteiger partial charge in [-0.2, -0.15) is 5.10 Å².